The van der Waals surface area contributed by atoms with Gasteiger partial charge >= 0.3 is 0 Å². The lowest BCUT2D eigenvalue weighted by Crippen LogP contribution is -2.18. The van der Waals surface area contributed by atoms with Gasteiger partial charge in [0.1, 0.15) is 0 Å². The van der Waals surface area contributed by atoms with Gasteiger partial charge in [0, 0.05) is 10.5 Å². The van der Waals surface area contributed by atoms with Crippen molar-refractivity contribution in [2.24, 2.45) is 0 Å². The monoisotopic (exact) mass is 323 g/mol. The molecule has 1 aromatic carbocycles. The number of halogens is 1. The van der Waals surface area contributed by atoms with Crippen molar-refractivity contribution in [3.63, 3.8) is 0 Å². The molecule has 0 bridgehead atoms. The minimum atomic E-state index is 0.419. The van der Waals surface area contributed by atoms with Crippen LogP contribution in [0, 0.1) is 6.92 Å². The maximum atomic E-state index is 3.61. The molecule has 18 heavy (non-hydrogen) atoms. The summed E-state index contributed by atoms with van der Waals surface area (Å²) in [6.07, 6.45) is 2.26. The molecule has 0 fully saturated rings. The van der Waals surface area contributed by atoms with Gasteiger partial charge < -0.3 is 5.32 Å². The highest BCUT2D eigenvalue weighted by Crippen LogP contribution is 2.27. The highest BCUT2D eigenvalue weighted by molar-refractivity contribution is 9.10. The van der Waals surface area contributed by atoms with Crippen LogP contribution in [0.25, 0.3) is 0 Å². The van der Waals surface area contributed by atoms with Crippen molar-refractivity contribution in [2.45, 2.75) is 25.8 Å². The topological polar surface area (TPSA) is 12.0 Å². The van der Waals surface area contributed by atoms with Gasteiger partial charge in [-0.1, -0.05) is 28.1 Å². The first kappa shape index (κ1) is 13.8. The molecule has 0 radical (unpaired) electrons. The molecule has 1 nitrogen and oxygen atoms in total. The molecule has 1 heterocycles. The predicted octanol–water partition coefficient (Wildman–Crippen LogP) is 4.71. The summed E-state index contributed by atoms with van der Waals surface area (Å²) in [6.45, 7) is 2.17. The highest BCUT2D eigenvalue weighted by Gasteiger charge is 2.13. The Morgan fingerprint density at radius 3 is 2.83 bits per heavy atom. The highest BCUT2D eigenvalue weighted by atomic mass is 79.9. The molecule has 1 aromatic heterocycles. The van der Waals surface area contributed by atoms with Gasteiger partial charge in [-0.25, -0.2) is 0 Å². The molecule has 0 saturated heterocycles. The van der Waals surface area contributed by atoms with Crippen LogP contribution in [-0.2, 0) is 6.42 Å². The van der Waals surface area contributed by atoms with Crippen molar-refractivity contribution in [3.8, 4) is 0 Å². The van der Waals surface area contributed by atoms with Crippen LogP contribution in [0.3, 0.4) is 0 Å². The Hall–Kier alpha value is -0.640. The first-order valence-corrected chi connectivity index (χ1v) is 7.89. The summed E-state index contributed by atoms with van der Waals surface area (Å²) in [5.41, 5.74) is 4.16. The van der Waals surface area contributed by atoms with Crippen molar-refractivity contribution >= 4 is 27.3 Å². The Bertz CT molecular complexity index is 493. The number of hydrogen-bond donors (Lipinski definition) is 1. The van der Waals surface area contributed by atoms with E-state index < -0.39 is 0 Å². The maximum Gasteiger partial charge on any atom is 0.0323 e. The Morgan fingerprint density at radius 2 is 2.17 bits per heavy atom. The van der Waals surface area contributed by atoms with Crippen LogP contribution in [0.15, 0.2) is 39.5 Å². The number of benzene rings is 1. The molecular weight excluding hydrogens is 306 g/mol. The zero-order chi connectivity index (χ0) is 13.0. The first-order valence-electron chi connectivity index (χ1n) is 6.15. The molecule has 0 spiro atoms. The number of aryl methyl sites for hydroxylation is 1. The Labute approximate surface area is 121 Å². The van der Waals surface area contributed by atoms with E-state index in [0.29, 0.717) is 6.04 Å². The number of thiophene rings is 1. The van der Waals surface area contributed by atoms with Gasteiger partial charge in [-0.3, -0.25) is 0 Å². The zero-order valence-electron chi connectivity index (χ0n) is 10.7. The number of rotatable bonds is 5. The standard InChI is InChI=1S/C15H18BrNS/c1-11-13(4-3-5-14(11)16)15(17-2)7-6-12-8-9-18-10-12/h3-5,8-10,15,17H,6-7H2,1-2H3. The second-order valence-electron chi connectivity index (χ2n) is 4.47. The van der Waals surface area contributed by atoms with Crippen LogP contribution < -0.4 is 5.32 Å². The van der Waals surface area contributed by atoms with Crippen LogP contribution in [-0.4, -0.2) is 7.05 Å². The molecule has 0 amide bonds. The van der Waals surface area contributed by atoms with Crippen molar-refractivity contribution in [1.82, 2.24) is 5.32 Å². The average molecular weight is 324 g/mol. The Balaban J connectivity index is 2.10. The first-order chi connectivity index (χ1) is 8.72. The fourth-order valence-electron chi connectivity index (χ4n) is 2.20. The number of hydrogen-bond acceptors (Lipinski definition) is 2. The molecule has 0 aliphatic carbocycles. The smallest absolute Gasteiger partial charge is 0.0323 e. The molecule has 0 aliphatic rings. The van der Waals surface area contributed by atoms with Gasteiger partial charge in [0.2, 0.25) is 0 Å². The lowest BCUT2D eigenvalue weighted by Gasteiger charge is -2.19. The van der Waals surface area contributed by atoms with Gasteiger partial charge in [-0.2, -0.15) is 11.3 Å². The van der Waals surface area contributed by atoms with E-state index in [1.54, 1.807) is 11.3 Å². The molecule has 1 atom stereocenters. The van der Waals surface area contributed by atoms with Gasteiger partial charge in [-0.15, -0.1) is 0 Å². The lowest BCUT2D eigenvalue weighted by molar-refractivity contribution is 0.547. The molecule has 0 saturated carbocycles. The third kappa shape index (κ3) is 3.22. The van der Waals surface area contributed by atoms with Gasteiger partial charge in [0.15, 0.2) is 0 Å². The Morgan fingerprint density at radius 1 is 1.33 bits per heavy atom. The minimum Gasteiger partial charge on any atom is -0.313 e. The van der Waals surface area contributed by atoms with Crippen molar-refractivity contribution in [3.05, 3.63) is 56.2 Å². The third-order valence-corrected chi connectivity index (χ3v) is 4.93. The minimum absolute atomic E-state index is 0.419. The summed E-state index contributed by atoms with van der Waals surface area (Å²) >= 11 is 5.38. The molecule has 1 unspecified atom stereocenters. The quantitative estimate of drug-likeness (QED) is 0.840. The van der Waals surface area contributed by atoms with E-state index >= 15 is 0 Å². The van der Waals surface area contributed by atoms with Crippen LogP contribution in [0.1, 0.15) is 29.2 Å². The molecule has 96 valence electrons. The van der Waals surface area contributed by atoms with Crippen molar-refractivity contribution in [2.75, 3.05) is 7.05 Å². The van der Waals surface area contributed by atoms with E-state index in [1.165, 1.54) is 21.2 Å². The van der Waals surface area contributed by atoms with E-state index in [9.17, 15) is 0 Å². The van der Waals surface area contributed by atoms with E-state index in [0.717, 1.165) is 12.8 Å². The molecular formula is C15H18BrNS. The van der Waals surface area contributed by atoms with Crippen LogP contribution in [0.4, 0.5) is 0 Å². The summed E-state index contributed by atoms with van der Waals surface area (Å²) in [5.74, 6) is 0. The molecule has 2 rings (SSSR count). The van der Waals surface area contributed by atoms with Crippen molar-refractivity contribution < 1.29 is 0 Å². The zero-order valence-corrected chi connectivity index (χ0v) is 13.1. The summed E-state index contributed by atoms with van der Waals surface area (Å²) in [7, 11) is 2.04. The van der Waals surface area contributed by atoms with Crippen molar-refractivity contribution in [1.29, 1.82) is 0 Å². The molecule has 3 heteroatoms. The van der Waals surface area contributed by atoms with E-state index in [2.05, 4.69) is 63.2 Å². The van der Waals surface area contributed by atoms with Crippen LogP contribution in [0.5, 0.6) is 0 Å². The second kappa shape index (κ2) is 6.50. The fourth-order valence-corrected chi connectivity index (χ4v) is 3.29. The lowest BCUT2D eigenvalue weighted by atomic mass is 9.96. The van der Waals surface area contributed by atoms with E-state index in [-0.39, 0.29) is 0 Å². The maximum absolute atomic E-state index is 3.61. The van der Waals surface area contributed by atoms with Gasteiger partial charge in [0.05, 0.1) is 0 Å². The Kier molecular flexibility index (Phi) is 4.98. The normalized spacial score (nSPS) is 12.6. The number of nitrogens with one attached hydrogen (secondary N) is 1. The van der Waals surface area contributed by atoms with E-state index in [1.807, 2.05) is 7.05 Å². The predicted molar refractivity (Wildman–Crippen MR) is 83.3 cm³/mol. The molecule has 1 N–H and O–H groups in total. The van der Waals surface area contributed by atoms with Crippen LogP contribution in [0.2, 0.25) is 0 Å². The van der Waals surface area contributed by atoms with E-state index in [4.69, 9.17) is 0 Å². The SMILES string of the molecule is CNC(CCc1ccsc1)c1cccc(Br)c1C. The molecule has 2 aromatic rings. The summed E-state index contributed by atoms with van der Waals surface area (Å²) < 4.78 is 1.19. The summed E-state index contributed by atoms with van der Waals surface area (Å²) in [4.78, 5) is 0. The third-order valence-electron chi connectivity index (χ3n) is 3.34. The van der Waals surface area contributed by atoms with Gasteiger partial charge in [0.25, 0.3) is 0 Å². The fraction of sp³-hybridized carbons (Fsp3) is 0.333. The molecule has 0 aliphatic heterocycles. The largest absolute Gasteiger partial charge is 0.313 e. The summed E-state index contributed by atoms with van der Waals surface area (Å²) in [5, 5.41) is 7.81. The second-order valence-corrected chi connectivity index (χ2v) is 6.10. The van der Waals surface area contributed by atoms with Crippen LogP contribution >= 0.6 is 27.3 Å². The van der Waals surface area contributed by atoms with Gasteiger partial charge in [-0.05, 0) is 66.4 Å². The summed E-state index contributed by atoms with van der Waals surface area (Å²) in [6, 6.07) is 9.06. The average Bonchev–Trinajstić information content (AvgIpc) is 2.88.